The molecule has 0 aromatic heterocycles. The zero-order valence-corrected chi connectivity index (χ0v) is 12.6. The third-order valence-electron chi connectivity index (χ3n) is 3.76. The Bertz CT molecular complexity index is 660. The van der Waals surface area contributed by atoms with Crippen molar-refractivity contribution in [1.29, 1.82) is 0 Å². The minimum Gasteiger partial charge on any atom is -0.449 e. The molecule has 0 saturated carbocycles. The van der Waals surface area contributed by atoms with Gasteiger partial charge in [0.25, 0.3) is 0 Å². The highest BCUT2D eigenvalue weighted by Crippen LogP contribution is 2.33. The zero-order chi connectivity index (χ0) is 15.4. The number of aryl methyl sites for hydroxylation is 1. The molecule has 3 heteroatoms. The van der Waals surface area contributed by atoms with Crippen molar-refractivity contribution >= 4 is 6.16 Å². The van der Waals surface area contributed by atoms with Crippen molar-refractivity contribution in [1.82, 2.24) is 0 Å². The van der Waals surface area contributed by atoms with Crippen LogP contribution in [-0.2, 0) is 6.42 Å². The monoisotopic (exact) mass is 284 g/mol. The van der Waals surface area contributed by atoms with E-state index in [-0.39, 0.29) is 0 Å². The zero-order valence-electron chi connectivity index (χ0n) is 12.6. The van der Waals surface area contributed by atoms with Crippen LogP contribution in [0.15, 0.2) is 36.4 Å². The van der Waals surface area contributed by atoms with E-state index in [1.165, 1.54) is 11.1 Å². The number of carboxylic acid groups (broad SMARTS) is 1. The van der Waals surface area contributed by atoms with Crippen molar-refractivity contribution in [3.05, 3.63) is 53.1 Å². The van der Waals surface area contributed by atoms with Crippen LogP contribution in [0.25, 0.3) is 11.1 Å². The van der Waals surface area contributed by atoms with Gasteiger partial charge in [0.15, 0.2) is 0 Å². The number of ether oxygens (including phenoxy) is 1. The lowest BCUT2D eigenvalue weighted by Gasteiger charge is -2.15. The lowest BCUT2D eigenvalue weighted by molar-refractivity contribution is 0.144. The third-order valence-corrected chi connectivity index (χ3v) is 3.76. The van der Waals surface area contributed by atoms with Gasteiger partial charge in [0.2, 0.25) is 0 Å². The average molecular weight is 284 g/mol. The lowest BCUT2D eigenvalue weighted by atomic mass is 9.91. The van der Waals surface area contributed by atoms with E-state index in [0.717, 1.165) is 29.5 Å². The summed E-state index contributed by atoms with van der Waals surface area (Å²) in [4.78, 5) is 10.7. The van der Waals surface area contributed by atoms with Gasteiger partial charge in [-0.2, -0.15) is 0 Å². The Morgan fingerprint density at radius 3 is 2.43 bits per heavy atom. The van der Waals surface area contributed by atoms with Crippen LogP contribution in [0.4, 0.5) is 4.79 Å². The topological polar surface area (TPSA) is 46.5 Å². The van der Waals surface area contributed by atoms with Gasteiger partial charge < -0.3 is 9.84 Å². The summed E-state index contributed by atoms with van der Waals surface area (Å²) in [5, 5.41) is 8.76. The molecule has 0 atom stereocenters. The Balaban J connectivity index is 2.51. The first-order valence-corrected chi connectivity index (χ1v) is 7.13. The van der Waals surface area contributed by atoms with Crippen molar-refractivity contribution in [2.24, 2.45) is 0 Å². The molecule has 0 aliphatic carbocycles. The third kappa shape index (κ3) is 3.24. The molecule has 1 N–H and O–H groups in total. The van der Waals surface area contributed by atoms with Crippen LogP contribution >= 0.6 is 0 Å². The molecule has 0 aliphatic rings. The highest BCUT2D eigenvalue weighted by atomic mass is 16.7. The van der Waals surface area contributed by atoms with Gasteiger partial charge in [-0.1, -0.05) is 43.7 Å². The first-order chi connectivity index (χ1) is 10.0. The van der Waals surface area contributed by atoms with Gasteiger partial charge in [0.1, 0.15) is 5.75 Å². The Hall–Kier alpha value is -2.29. The van der Waals surface area contributed by atoms with E-state index >= 15 is 0 Å². The predicted molar refractivity (Wildman–Crippen MR) is 84.0 cm³/mol. The molecule has 0 aliphatic heterocycles. The maximum Gasteiger partial charge on any atom is 0.511 e. The van der Waals surface area contributed by atoms with E-state index in [1.807, 2.05) is 26.0 Å². The fourth-order valence-corrected chi connectivity index (χ4v) is 2.56. The molecular formula is C18H20O3. The molecule has 0 bridgehead atoms. The summed E-state index contributed by atoms with van der Waals surface area (Å²) in [5.74, 6) is 0.400. The molecule has 0 saturated heterocycles. The van der Waals surface area contributed by atoms with Crippen LogP contribution in [-0.4, -0.2) is 11.3 Å². The largest absolute Gasteiger partial charge is 0.511 e. The van der Waals surface area contributed by atoms with Crippen LogP contribution in [0.3, 0.4) is 0 Å². The summed E-state index contributed by atoms with van der Waals surface area (Å²) in [6.07, 6.45) is 0.841. The first kappa shape index (κ1) is 15.1. The van der Waals surface area contributed by atoms with Crippen LogP contribution in [0.2, 0.25) is 0 Å². The van der Waals surface area contributed by atoms with E-state index in [2.05, 4.69) is 25.1 Å². The molecule has 2 aromatic carbocycles. The second-order valence-corrected chi connectivity index (χ2v) is 5.14. The highest BCUT2D eigenvalue weighted by Gasteiger charge is 2.13. The van der Waals surface area contributed by atoms with Gasteiger partial charge >= 0.3 is 6.16 Å². The molecular weight excluding hydrogens is 264 g/mol. The molecule has 2 rings (SSSR count). The molecule has 0 amide bonds. The maximum atomic E-state index is 10.7. The molecule has 0 unspecified atom stereocenters. The molecule has 0 radical (unpaired) electrons. The van der Waals surface area contributed by atoms with Gasteiger partial charge in [-0.3, -0.25) is 0 Å². The summed E-state index contributed by atoms with van der Waals surface area (Å²) >= 11 is 0. The summed E-state index contributed by atoms with van der Waals surface area (Å²) in [5.41, 5.74) is 5.57. The molecule has 3 nitrogen and oxygen atoms in total. The summed E-state index contributed by atoms with van der Waals surface area (Å²) in [6, 6.07) is 12.0. The minimum atomic E-state index is -1.28. The Kier molecular flexibility index (Phi) is 4.63. The van der Waals surface area contributed by atoms with Gasteiger partial charge in [0.05, 0.1) is 0 Å². The normalized spacial score (nSPS) is 10.4. The van der Waals surface area contributed by atoms with Gasteiger partial charge in [0, 0.05) is 0 Å². The maximum absolute atomic E-state index is 10.7. The van der Waals surface area contributed by atoms with Gasteiger partial charge in [-0.15, -0.1) is 0 Å². The average Bonchev–Trinajstić information content (AvgIpc) is 2.45. The van der Waals surface area contributed by atoms with Crippen LogP contribution in [0.5, 0.6) is 5.75 Å². The summed E-state index contributed by atoms with van der Waals surface area (Å²) in [6.45, 7) is 6.06. The molecule has 110 valence electrons. The van der Waals surface area contributed by atoms with E-state index in [4.69, 9.17) is 9.84 Å². The Labute approximate surface area is 125 Å². The van der Waals surface area contributed by atoms with Gasteiger partial charge in [-0.25, -0.2) is 4.79 Å². The van der Waals surface area contributed by atoms with E-state index < -0.39 is 6.16 Å². The lowest BCUT2D eigenvalue weighted by Crippen LogP contribution is -2.05. The van der Waals surface area contributed by atoms with Crippen molar-refractivity contribution < 1.29 is 14.6 Å². The second-order valence-electron chi connectivity index (χ2n) is 5.14. The SMILES string of the molecule is CCCc1ccccc1-c1ccc(OC(=O)O)c(C)c1C. The van der Waals surface area contributed by atoms with Crippen molar-refractivity contribution in [2.75, 3.05) is 0 Å². The number of benzene rings is 2. The summed E-state index contributed by atoms with van der Waals surface area (Å²) in [7, 11) is 0. The van der Waals surface area contributed by atoms with Crippen molar-refractivity contribution in [3.63, 3.8) is 0 Å². The molecule has 21 heavy (non-hydrogen) atoms. The quantitative estimate of drug-likeness (QED) is 0.636. The van der Waals surface area contributed by atoms with Gasteiger partial charge in [-0.05, 0) is 54.2 Å². The molecule has 0 fully saturated rings. The highest BCUT2D eigenvalue weighted by molar-refractivity contribution is 5.74. The number of rotatable bonds is 4. The predicted octanol–water partition coefficient (Wildman–Crippen LogP) is 4.98. The van der Waals surface area contributed by atoms with Crippen LogP contribution < -0.4 is 4.74 Å². The first-order valence-electron chi connectivity index (χ1n) is 7.13. The molecule has 0 heterocycles. The standard InChI is InChI=1S/C18H20O3/c1-4-7-14-8-5-6-9-16(14)15-10-11-17(21-18(19)20)13(3)12(15)2/h5-6,8-11H,4,7H2,1-3H3,(H,19,20). The van der Waals surface area contributed by atoms with Crippen LogP contribution in [0.1, 0.15) is 30.0 Å². The van der Waals surface area contributed by atoms with E-state index in [0.29, 0.717) is 5.75 Å². The minimum absolute atomic E-state index is 0.400. The molecule has 0 spiro atoms. The Morgan fingerprint density at radius 2 is 1.76 bits per heavy atom. The molecule has 2 aromatic rings. The smallest absolute Gasteiger partial charge is 0.449 e. The second kappa shape index (κ2) is 6.44. The fourth-order valence-electron chi connectivity index (χ4n) is 2.56. The fraction of sp³-hybridized carbons (Fsp3) is 0.278. The van der Waals surface area contributed by atoms with Crippen molar-refractivity contribution in [2.45, 2.75) is 33.6 Å². The van der Waals surface area contributed by atoms with Crippen molar-refractivity contribution in [3.8, 4) is 16.9 Å². The number of hydrogen-bond donors (Lipinski definition) is 1. The Morgan fingerprint density at radius 1 is 1.05 bits per heavy atom. The summed E-state index contributed by atoms with van der Waals surface area (Å²) < 4.78 is 4.81. The van der Waals surface area contributed by atoms with Crippen LogP contribution in [0, 0.1) is 13.8 Å². The number of hydrogen-bond acceptors (Lipinski definition) is 2. The van der Waals surface area contributed by atoms with E-state index in [9.17, 15) is 4.79 Å². The van der Waals surface area contributed by atoms with E-state index in [1.54, 1.807) is 6.07 Å². The number of carbonyl (C=O) groups is 1.